The molecule has 1 aromatic carbocycles. The number of morpholine rings is 1. The van der Waals surface area contributed by atoms with E-state index in [1.807, 2.05) is 35.0 Å². The Hall–Kier alpha value is -3.66. The molecule has 0 radical (unpaired) electrons. The second-order valence-corrected chi connectivity index (χ2v) is 9.22. The fourth-order valence-corrected chi connectivity index (χ4v) is 4.27. The van der Waals surface area contributed by atoms with Gasteiger partial charge < -0.3 is 9.64 Å². The zero-order chi connectivity index (χ0) is 25.4. The number of ether oxygens (including phenoxy) is 1. The van der Waals surface area contributed by atoms with Crippen LogP contribution in [0, 0.1) is 18.6 Å². The van der Waals surface area contributed by atoms with Gasteiger partial charge in [0, 0.05) is 49.7 Å². The number of fused-ring (bicyclic) bond motifs is 1. The number of anilines is 1. The number of hydrogen-bond donors (Lipinski definition) is 0. The van der Waals surface area contributed by atoms with Gasteiger partial charge in [-0.3, -0.25) is 14.0 Å². The first-order valence-corrected chi connectivity index (χ1v) is 12.0. The van der Waals surface area contributed by atoms with Gasteiger partial charge in [-0.15, -0.1) is 0 Å². The predicted octanol–water partition coefficient (Wildman–Crippen LogP) is 4.03. The van der Waals surface area contributed by atoms with E-state index in [1.54, 1.807) is 20.0 Å². The Morgan fingerprint density at radius 2 is 1.89 bits per heavy atom. The van der Waals surface area contributed by atoms with Crippen LogP contribution in [0.25, 0.3) is 22.2 Å². The Kier molecular flexibility index (Phi) is 6.53. The van der Waals surface area contributed by atoms with Crippen molar-refractivity contribution in [2.24, 2.45) is 7.05 Å². The van der Waals surface area contributed by atoms with E-state index in [1.165, 1.54) is 29.5 Å². The van der Waals surface area contributed by atoms with Crippen LogP contribution < -0.4 is 10.5 Å². The zero-order valence-corrected chi connectivity index (χ0v) is 20.5. The lowest BCUT2D eigenvalue weighted by Crippen LogP contribution is -2.41. The molecule has 2 aliphatic rings. The summed E-state index contributed by atoms with van der Waals surface area (Å²) in [7, 11) is 1.62. The molecule has 4 aromatic rings. The van der Waals surface area contributed by atoms with Crippen molar-refractivity contribution in [3.8, 4) is 11.1 Å². The number of nitrogens with zero attached hydrogens (tertiary/aromatic N) is 6. The maximum Gasteiger partial charge on any atom is 0.279 e. The van der Waals surface area contributed by atoms with Gasteiger partial charge in [0.05, 0.1) is 18.8 Å². The van der Waals surface area contributed by atoms with Crippen molar-refractivity contribution in [3.05, 3.63) is 70.5 Å². The van der Waals surface area contributed by atoms with Crippen LogP contribution in [0.2, 0.25) is 0 Å². The molecule has 1 atom stereocenters. The SMILES string of the molecule is Cc1nc2c(-c3ccc(F)cc3F)cc(N3CCOC(C)C3)nc2c(=O)n1C.c1cnn(C2CC2)c1. The highest BCUT2D eigenvalue weighted by Crippen LogP contribution is 2.33. The van der Waals surface area contributed by atoms with E-state index in [9.17, 15) is 13.6 Å². The fourth-order valence-electron chi connectivity index (χ4n) is 4.27. The molecule has 6 rings (SSSR count). The van der Waals surface area contributed by atoms with Gasteiger partial charge in [-0.2, -0.15) is 5.10 Å². The highest BCUT2D eigenvalue weighted by atomic mass is 19.1. The standard InChI is InChI=1S/C20H20F2N4O2.C6H8N2/c1-11-10-26(6-7-28-11)17-9-15(14-5-4-13(21)8-16(14)22)18-19(24-17)20(27)25(3)12(2)23-18;1-4-7-8(5-1)6-2-3-6/h4-5,8-9,11H,6-7,10H2,1-3H3;1,4-6H,2-3H2. The van der Waals surface area contributed by atoms with Crippen molar-refractivity contribution in [3.63, 3.8) is 0 Å². The molecule has 1 aliphatic carbocycles. The minimum absolute atomic E-state index is 0.0104. The first-order chi connectivity index (χ1) is 17.3. The highest BCUT2D eigenvalue weighted by molar-refractivity contribution is 5.93. The van der Waals surface area contributed by atoms with E-state index >= 15 is 0 Å². The summed E-state index contributed by atoms with van der Waals surface area (Å²) in [5.74, 6) is -0.351. The van der Waals surface area contributed by atoms with Crippen LogP contribution >= 0.6 is 0 Å². The van der Waals surface area contributed by atoms with Crippen LogP contribution in [0.5, 0.6) is 0 Å². The molecule has 1 saturated carbocycles. The molecule has 188 valence electrons. The first-order valence-electron chi connectivity index (χ1n) is 12.0. The number of hydrogen-bond acceptors (Lipinski definition) is 6. The van der Waals surface area contributed by atoms with Gasteiger partial charge in [0.15, 0.2) is 5.52 Å². The normalized spacial score (nSPS) is 17.7. The lowest BCUT2D eigenvalue weighted by molar-refractivity contribution is 0.0529. The van der Waals surface area contributed by atoms with E-state index in [-0.39, 0.29) is 22.7 Å². The van der Waals surface area contributed by atoms with Crippen molar-refractivity contribution < 1.29 is 13.5 Å². The number of halogens is 2. The molecule has 1 saturated heterocycles. The second kappa shape index (κ2) is 9.77. The molecule has 10 heteroatoms. The van der Waals surface area contributed by atoms with Crippen molar-refractivity contribution in [1.29, 1.82) is 0 Å². The summed E-state index contributed by atoms with van der Waals surface area (Å²) in [6, 6.07) is 7.80. The molecule has 1 aliphatic heterocycles. The molecule has 0 amide bonds. The van der Waals surface area contributed by atoms with Crippen molar-refractivity contribution in [1.82, 2.24) is 24.3 Å². The Balaban J connectivity index is 0.000000280. The summed E-state index contributed by atoms with van der Waals surface area (Å²) in [5, 5.41) is 4.09. The fraction of sp³-hybridized carbons (Fsp3) is 0.385. The second-order valence-electron chi connectivity index (χ2n) is 9.22. The molecule has 1 unspecified atom stereocenters. The van der Waals surface area contributed by atoms with Gasteiger partial charge in [0.25, 0.3) is 5.56 Å². The number of aryl methyl sites for hydroxylation is 1. The minimum atomic E-state index is -0.714. The highest BCUT2D eigenvalue weighted by Gasteiger charge is 2.24. The maximum absolute atomic E-state index is 14.6. The Morgan fingerprint density at radius 3 is 2.56 bits per heavy atom. The zero-order valence-electron chi connectivity index (χ0n) is 20.5. The number of pyridine rings is 1. The van der Waals surface area contributed by atoms with E-state index < -0.39 is 11.6 Å². The van der Waals surface area contributed by atoms with Crippen molar-refractivity contribution in [2.75, 3.05) is 24.6 Å². The first kappa shape index (κ1) is 24.1. The maximum atomic E-state index is 14.6. The molecular weight excluding hydrogens is 466 g/mol. The van der Waals surface area contributed by atoms with Crippen LogP contribution in [0.15, 0.2) is 47.5 Å². The quantitative estimate of drug-likeness (QED) is 0.428. The Labute approximate surface area is 207 Å². The van der Waals surface area contributed by atoms with Crippen LogP contribution in [0.1, 0.15) is 31.6 Å². The topological polar surface area (TPSA) is 78.1 Å². The largest absolute Gasteiger partial charge is 0.375 e. The molecule has 8 nitrogen and oxygen atoms in total. The van der Waals surface area contributed by atoms with Gasteiger partial charge in [-0.1, -0.05) is 0 Å². The summed E-state index contributed by atoms with van der Waals surface area (Å²) < 4.78 is 37.0. The predicted molar refractivity (Wildman–Crippen MR) is 133 cm³/mol. The lowest BCUT2D eigenvalue weighted by Gasteiger charge is -2.32. The van der Waals surface area contributed by atoms with E-state index in [0.717, 1.165) is 12.1 Å². The third kappa shape index (κ3) is 4.86. The van der Waals surface area contributed by atoms with Gasteiger partial charge in [0.2, 0.25) is 0 Å². The van der Waals surface area contributed by atoms with Gasteiger partial charge in [-0.25, -0.2) is 18.7 Å². The van der Waals surface area contributed by atoms with Crippen LogP contribution in [-0.2, 0) is 11.8 Å². The number of rotatable bonds is 3. The molecule has 3 aromatic heterocycles. The van der Waals surface area contributed by atoms with Gasteiger partial charge >= 0.3 is 0 Å². The van der Waals surface area contributed by atoms with E-state index in [4.69, 9.17) is 4.74 Å². The van der Waals surface area contributed by atoms with Crippen molar-refractivity contribution in [2.45, 2.75) is 38.8 Å². The summed E-state index contributed by atoms with van der Waals surface area (Å²) >= 11 is 0. The number of aromatic nitrogens is 5. The molecule has 4 heterocycles. The average Bonchev–Trinajstić information content (AvgIpc) is 3.56. The average molecular weight is 495 g/mol. The third-order valence-electron chi connectivity index (χ3n) is 6.48. The Bertz CT molecular complexity index is 1450. The van der Waals surface area contributed by atoms with Gasteiger partial charge in [-0.05, 0) is 51.0 Å². The van der Waals surface area contributed by atoms with Crippen molar-refractivity contribution >= 4 is 16.9 Å². The van der Waals surface area contributed by atoms with E-state index in [2.05, 4.69) is 15.1 Å². The van der Waals surface area contributed by atoms with Crippen LogP contribution in [0.3, 0.4) is 0 Å². The summed E-state index contributed by atoms with van der Waals surface area (Å²) in [4.78, 5) is 23.9. The molecule has 0 bridgehead atoms. The van der Waals surface area contributed by atoms with Crippen LogP contribution in [0.4, 0.5) is 14.6 Å². The number of benzene rings is 1. The molecule has 0 N–H and O–H groups in total. The van der Waals surface area contributed by atoms with Gasteiger partial charge in [0.1, 0.15) is 28.8 Å². The molecule has 0 spiro atoms. The summed E-state index contributed by atoms with van der Waals surface area (Å²) in [5.41, 5.74) is 0.739. The summed E-state index contributed by atoms with van der Waals surface area (Å²) in [6.45, 7) is 5.39. The smallest absolute Gasteiger partial charge is 0.279 e. The summed E-state index contributed by atoms with van der Waals surface area (Å²) in [6.07, 6.45) is 6.51. The monoisotopic (exact) mass is 494 g/mol. The van der Waals surface area contributed by atoms with Crippen LogP contribution in [-0.4, -0.2) is 50.1 Å². The molecule has 36 heavy (non-hydrogen) atoms. The van der Waals surface area contributed by atoms with E-state index in [0.29, 0.717) is 42.4 Å². The molecule has 2 fully saturated rings. The lowest BCUT2D eigenvalue weighted by atomic mass is 10.0. The Morgan fingerprint density at radius 1 is 1.08 bits per heavy atom. The molecular formula is C26H28F2N6O2. The minimum Gasteiger partial charge on any atom is -0.375 e. The third-order valence-corrected chi connectivity index (χ3v) is 6.48.